The molecule has 0 bridgehead atoms. The quantitative estimate of drug-likeness (QED) is 0.306. The first-order valence-electron chi connectivity index (χ1n) is 10.7. The molecule has 2 heterocycles. The molecule has 1 aliphatic heterocycles. The molecule has 0 atom stereocenters. The van der Waals surface area contributed by atoms with Crippen LogP contribution in [0.1, 0.15) is 32.3 Å². The number of benzene rings is 2. The summed E-state index contributed by atoms with van der Waals surface area (Å²) in [6, 6.07) is 17.9. The largest absolute Gasteiger partial charge is 0.494 e. The van der Waals surface area contributed by atoms with Crippen LogP contribution in [0.2, 0.25) is 0 Å². The van der Waals surface area contributed by atoms with Gasteiger partial charge in [0.2, 0.25) is 0 Å². The van der Waals surface area contributed by atoms with Crippen molar-refractivity contribution in [1.29, 1.82) is 0 Å². The van der Waals surface area contributed by atoms with Crippen LogP contribution in [0.25, 0.3) is 23.0 Å². The third-order valence-corrected chi connectivity index (χ3v) is 6.35. The predicted octanol–water partition coefficient (Wildman–Crippen LogP) is 5.94. The van der Waals surface area contributed by atoms with E-state index < -0.39 is 0 Å². The number of hydrogen-bond acceptors (Lipinski definition) is 5. The highest BCUT2D eigenvalue weighted by Gasteiger charge is 2.31. The highest BCUT2D eigenvalue weighted by molar-refractivity contribution is 8.26. The Balaban J connectivity index is 1.73. The first kappa shape index (κ1) is 22.3. The fourth-order valence-corrected chi connectivity index (χ4v) is 4.72. The molecule has 0 spiro atoms. The van der Waals surface area contributed by atoms with Crippen molar-refractivity contribution in [2.24, 2.45) is 0 Å². The van der Waals surface area contributed by atoms with E-state index in [-0.39, 0.29) is 5.91 Å². The number of thiocarbonyl (C=S) groups is 1. The van der Waals surface area contributed by atoms with Crippen molar-refractivity contribution in [3.05, 3.63) is 71.3 Å². The van der Waals surface area contributed by atoms with Gasteiger partial charge in [-0.2, -0.15) is 5.10 Å². The van der Waals surface area contributed by atoms with Gasteiger partial charge in [0.1, 0.15) is 10.1 Å². The van der Waals surface area contributed by atoms with E-state index in [1.54, 1.807) is 4.90 Å². The van der Waals surface area contributed by atoms with Gasteiger partial charge in [-0.1, -0.05) is 56.0 Å². The zero-order chi connectivity index (χ0) is 22.5. The Bertz CT molecular complexity index is 1140. The molecule has 7 heteroatoms. The molecule has 0 radical (unpaired) electrons. The minimum absolute atomic E-state index is 0.0384. The Kier molecular flexibility index (Phi) is 7.07. The second kappa shape index (κ2) is 10.1. The second-order valence-electron chi connectivity index (χ2n) is 7.42. The van der Waals surface area contributed by atoms with E-state index in [4.69, 9.17) is 22.1 Å². The summed E-state index contributed by atoms with van der Waals surface area (Å²) < 4.78 is 8.17. The van der Waals surface area contributed by atoms with E-state index in [9.17, 15) is 4.79 Å². The van der Waals surface area contributed by atoms with Gasteiger partial charge in [0.25, 0.3) is 5.91 Å². The Morgan fingerprint density at radius 1 is 1.06 bits per heavy atom. The molecule has 5 nitrogen and oxygen atoms in total. The van der Waals surface area contributed by atoms with Gasteiger partial charge < -0.3 is 4.74 Å². The van der Waals surface area contributed by atoms with Crippen molar-refractivity contribution in [3.8, 4) is 22.7 Å². The molecule has 1 aromatic heterocycles. The standard InChI is InChI=1S/C25H25N3O2S2/c1-3-14-27-24(29)22(32-25(27)31)16-19-17-28(20-8-6-5-7-9-20)26-23(19)18-10-12-21(13-11-18)30-15-4-2/h5-13,16-17H,3-4,14-15H2,1-2H3/b22-16-. The lowest BCUT2D eigenvalue weighted by Gasteiger charge is -2.11. The van der Waals surface area contributed by atoms with Gasteiger partial charge in [-0.25, -0.2) is 4.68 Å². The number of ether oxygens (including phenoxy) is 1. The van der Waals surface area contributed by atoms with E-state index >= 15 is 0 Å². The van der Waals surface area contributed by atoms with Crippen LogP contribution in [0, 0.1) is 0 Å². The number of nitrogens with zero attached hydrogens (tertiary/aromatic N) is 3. The highest BCUT2D eigenvalue weighted by atomic mass is 32.2. The van der Waals surface area contributed by atoms with Gasteiger partial charge >= 0.3 is 0 Å². The first-order valence-corrected chi connectivity index (χ1v) is 12.0. The van der Waals surface area contributed by atoms with Crippen LogP contribution in [0.5, 0.6) is 5.75 Å². The van der Waals surface area contributed by atoms with E-state index in [2.05, 4.69) is 6.92 Å². The van der Waals surface area contributed by atoms with Gasteiger partial charge in [-0.05, 0) is 55.3 Å². The molecular weight excluding hydrogens is 438 g/mol. The topological polar surface area (TPSA) is 47.4 Å². The Morgan fingerprint density at radius 3 is 2.50 bits per heavy atom. The first-order chi connectivity index (χ1) is 15.6. The molecule has 0 saturated carbocycles. The molecule has 1 aliphatic rings. The summed E-state index contributed by atoms with van der Waals surface area (Å²) in [5.41, 5.74) is 3.58. The summed E-state index contributed by atoms with van der Waals surface area (Å²) in [5.74, 6) is 0.795. The lowest BCUT2D eigenvalue weighted by Crippen LogP contribution is -2.28. The normalized spacial score (nSPS) is 15.1. The monoisotopic (exact) mass is 463 g/mol. The minimum Gasteiger partial charge on any atom is -0.494 e. The van der Waals surface area contributed by atoms with Crippen LogP contribution in [0.15, 0.2) is 65.7 Å². The number of amides is 1. The van der Waals surface area contributed by atoms with Crippen LogP contribution in [0.3, 0.4) is 0 Å². The van der Waals surface area contributed by atoms with E-state index in [0.717, 1.165) is 41.1 Å². The van der Waals surface area contributed by atoms with Gasteiger partial charge in [-0.15, -0.1) is 0 Å². The van der Waals surface area contributed by atoms with Crippen LogP contribution >= 0.6 is 24.0 Å². The third-order valence-electron chi connectivity index (χ3n) is 4.97. The summed E-state index contributed by atoms with van der Waals surface area (Å²) >= 11 is 6.77. The maximum absolute atomic E-state index is 12.9. The number of hydrogen-bond donors (Lipinski definition) is 0. The zero-order valence-electron chi connectivity index (χ0n) is 18.2. The number of carbonyl (C=O) groups excluding carboxylic acids is 1. The summed E-state index contributed by atoms with van der Waals surface area (Å²) in [6.45, 7) is 5.45. The van der Waals surface area contributed by atoms with Crippen LogP contribution in [-0.2, 0) is 4.79 Å². The fourth-order valence-electron chi connectivity index (χ4n) is 3.42. The molecular formula is C25H25N3O2S2. The average Bonchev–Trinajstić information content (AvgIpc) is 3.35. The molecule has 0 N–H and O–H groups in total. The van der Waals surface area contributed by atoms with E-state index in [0.29, 0.717) is 22.4 Å². The smallest absolute Gasteiger partial charge is 0.266 e. The van der Waals surface area contributed by atoms with Crippen molar-refractivity contribution >= 4 is 40.3 Å². The van der Waals surface area contributed by atoms with Crippen molar-refractivity contribution in [2.75, 3.05) is 13.2 Å². The molecule has 1 amide bonds. The Hall–Kier alpha value is -2.90. The van der Waals surface area contributed by atoms with E-state index in [1.165, 1.54) is 11.8 Å². The Labute approximate surface area is 198 Å². The van der Waals surface area contributed by atoms with Crippen molar-refractivity contribution in [1.82, 2.24) is 14.7 Å². The Morgan fingerprint density at radius 2 is 1.81 bits per heavy atom. The van der Waals surface area contributed by atoms with Gasteiger partial charge in [0, 0.05) is 23.9 Å². The molecule has 164 valence electrons. The molecule has 0 aliphatic carbocycles. The number of thioether (sulfide) groups is 1. The maximum Gasteiger partial charge on any atom is 0.266 e. The molecule has 3 aromatic rings. The van der Waals surface area contributed by atoms with Crippen molar-refractivity contribution in [3.63, 3.8) is 0 Å². The average molecular weight is 464 g/mol. The molecule has 4 rings (SSSR count). The van der Waals surface area contributed by atoms with Gasteiger partial charge in [-0.3, -0.25) is 9.69 Å². The predicted molar refractivity (Wildman–Crippen MR) is 135 cm³/mol. The molecule has 2 aromatic carbocycles. The minimum atomic E-state index is -0.0384. The number of carbonyl (C=O) groups is 1. The van der Waals surface area contributed by atoms with Gasteiger partial charge in [0.05, 0.1) is 22.9 Å². The summed E-state index contributed by atoms with van der Waals surface area (Å²) in [5, 5.41) is 4.85. The number of aromatic nitrogens is 2. The van der Waals surface area contributed by atoms with Crippen molar-refractivity contribution in [2.45, 2.75) is 26.7 Å². The fraction of sp³-hybridized carbons (Fsp3) is 0.240. The zero-order valence-corrected chi connectivity index (χ0v) is 19.8. The summed E-state index contributed by atoms with van der Waals surface area (Å²) in [6.07, 6.45) is 5.68. The van der Waals surface area contributed by atoms with Crippen LogP contribution in [-0.4, -0.2) is 38.1 Å². The second-order valence-corrected chi connectivity index (χ2v) is 9.10. The lowest BCUT2D eigenvalue weighted by atomic mass is 10.1. The summed E-state index contributed by atoms with van der Waals surface area (Å²) in [4.78, 5) is 15.2. The van der Waals surface area contributed by atoms with Crippen LogP contribution < -0.4 is 4.74 Å². The molecule has 32 heavy (non-hydrogen) atoms. The summed E-state index contributed by atoms with van der Waals surface area (Å²) in [7, 11) is 0. The van der Waals surface area contributed by atoms with Crippen LogP contribution in [0.4, 0.5) is 0 Å². The maximum atomic E-state index is 12.9. The van der Waals surface area contributed by atoms with E-state index in [1.807, 2.05) is 78.5 Å². The van der Waals surface area contributed by atoms with Crippen molar-refractivity contribution < 1.29 is 9.53 Å². The highest BCUT2D eigenvalue weighted by Crippen LogP contribution is 2.35. The number of rotatable bonds is 8. The van der Waals surface area contributed by atoms with Gasteiger partial charge in [0.15, 0.2) is 0 Å². The molecule has 1 saturated heterocycles. The molecule has 1 fully saturated rings. The SMILES string of the molecule is CCCOc1ccc(-c2nn(-c3ccccc3)cc2/C=C2\SC(=S)N(CCC)C2=O)cc1. The number of para-hydroxylation sites is 1. The lowest BCUT2D eigenvalue weighted by molar-refractivity contribution is -0.122. The molecule has 0 unspecified atom stereocenters. The third kappa shape index (κ3) is 4.79.